The predicted molar refractivity (Wildman–Crippen MR) is 72.2 cm³/mol. The Balaban J connectivity index is 2.07. The molecule has 0 bridgehead atoms. The highest BCUT2D eigenvalue weighted by Gasteiger charge is 2.38. The SMILES string of the molecule is CN(C(=O)N1CCCCC1C(=O)O)C1CCS(=O)(=O)C1. The van der Waals surface area contributed by atoms with Crippen LogP contribution in [0.15, 0.2) is 0 Å². The Labute approximate surface area is 118 Å². The lowest BCUT2D eigenvalue weighted by Crippen LogP contribution is -2.54. The summed E-state index contributed by atoms with van der Waals surface area (Å²) in [5, 5.41) is 9.18. The number of carboxylic acids is 1. The van der Waals surface area contributed by atoms with Crippen molar-refractivity contribution in [3.8, 4) is 0 Å². The average molecular weight is 304 g/mol. The van der Waals surface area contributed by atoms with E-state index in [0.717, 1.165) is 12.8 Å². The number of piperidine rings is 1. The lowest BCUT2D eigenvalue weighted by molar-refractivity contribution is -0.143. The molecule has 114 valence electrons. The number of nitrogens with zero attached hydrogens (tertiary/aromatic N) is 2. The highest BCUT2D eigenvalue weighted by Crippen LogP contribution is 2.22. The van der Waals surface area contributed by atoms with E-state index in [1.807, 2.05) is 0 Å². The number of carbonyl (C=O) groups excluding carboxylic acids is 1. The van der Waals surface area contributed by atoms with E-state index in [2.05, 4.69) is 0 Å². The van der Waals surface area contributed by atoms with E-state index < -0.39 is 21.8 Å². The van der Waals surface area contributed by atoms with Gasteiger partial charge in [-0.15, -0.1) is 0 Å². The van der Waals surface area contributed by atoms with Crippen molar-refractivity contribution < 1.29 is 23.1 Å². The summed E-state index contributed by atoms with van der Waals surface area (Å²) in [5.74, 6) is -0.927. The van der Waals surface area contributed by atoms with E-state index in [1.54, 1.807) is 7.05 Å². The topological polar surface area (TPSA) is 95.0 Å². The Kier molecular flexibility index (Phi) is 4.22. The first-order valence-electron chi connectivity index (χ1n) is 6.78. The molecule has 2 unspecified atom stereocenters. The van der Waals surface area contributed by atoms with Crippen molar-refractivity contribution in [2.24, 2.45) is 0 Å². The first-order valence-corrected chi connectivity index (χ1v) is 8.60. The first kappa shape index (κ1) is 15.1. The van der Waals surface area contributed by atoms with Crippen LogP contribution in [0.5, 0.6) is 0 Å². The summed E-state index contributed by atoms with van der Waals surface area (Å²) in [6.45, 7) is 0.416. The van der Waals surface area contributed by atoms with Gasteiger partial charge in [-0.2, -0.15) is 0 Å². The Hall–Kier alpha value is -1.31. The average Bonchev–Trinajstić information content (AvgIpc) is 2.77. The molecule has 2 amide bonds. The van der Waals surface area contributed by atoms with Crippen LogP contribution in [0, 0.1) is 0 Å². The molecule has 2 aliphatic heterocycles. The number of amides is 2. The number of carboxylic acid groups (broad SMARTS) is 1. The van der Waals surface area contributed by atoms with Crippen LogP contribution in [-0.4, -0.2) is 72.5 Å². The van der Waals surface area contributed by atoms with Gasteiger partial charge < -0.3 is 14.9 Å². The fourth-order valence-electron chi connectivity index (χ4n) is 2.86. The molecule has 0 radical (unpaired) electrons. The Morgan fingerprint density at radius 3 is 2.50 bits per heavy atom. The second kappa shape index (κ2) is 5.59. The zero-order valence-electron chi connectivity index (χ0n) is 11.5. The monoisotopic (exact) mass is 304 g/mol. The van der Waals surface area contributed by atoms with Crippen LogP contribution >= 0.6 is 0 Å². The van der Waals surface area contributed by atoms with Crippen molar-refractivity contribution in [1.29, 1.82) is 0 Å². The number of likely N-dealkylation sites (tertiary alicyclic amines) is 1. The van der Waals surface area contributed by atoms with E-state index in [-0.39, 0.29) is 23.6 Å². The van der Waals surface area contributed by atoms with E-state index in [4.69, 9.17) is 0 Å². The lowest BCUT2D eigenvalue weighted by atomic mass is 10.0. The van der Waals surface area contributed by atoms with Crippen LogP contribution in [-0.2, 0) is 14.6 Å². The van der Waals surface area contributed by atoms with Gasteiger partial charge in [0.1, 0.15) is 6.04 Å². The maximum absolute atomic E-state index is 12.4. The molecule has 2 fully saturated rings. The molecule has 20 heavy (non-hydrogen) atoms. The summed E-state index contributed by atoms with van der Waals surface area (Å²) in [6.07, 6.45) is 2.46. The molecule has 0 saturated carbocycles. The van der Waals surface area contributed by atoms with E-state index >= 15 is 0 Å². The van der Waals surface area contributed by atoms with Crippen molar-refractivity contribution >= 4 is 21.8 Å². The third kappa shape index (κ3) is 3.05. The summed E-state index contributed by atoms with van der Waals surface area (Å²) in [4.78, 5) is 26.4. The minimum Gasteiger partial charge on any atom is -0.480 e. The van der Waals surface area contributed by atoms with Gasteiger partial charge in [-0.25, -0.2) is 18.0 Å². The van der Waals surface area contributed by atoms with Crippen LogP contribution in [0.25, 0.3) is 0 Å². The molecular weight excluding hydrogens is 284 g/mol. The van der Waals surface area contributed by atoms with Gasteiger partial charge in [0.2, 0.25) is 0 Å². The highest BCUT2D eigenvalue weighted by atomic mass is 32.2. The summed E-state index contributed by atoms with van der Waals surface area (Å²) >= 11 is 0. The molecule has 0 aromatic carbocycles. The molecule has 0 spiro atoms. The van der Waals surface area contributed by atoms with E-state index in [1.165, 1.54) is 9.80 Å². The van der Waals surface area contributed by atoms with Crippen LogP contribution in [0.2, 0.25) is 0 Å². The third-order valence-electron chi connectivity index (χ3n) is 4.09. The van der Waals surface area contributed by atoms with E-state index in [0.29, 0.717) is 19.4 Å². The van der Waals surface area contributed by atoms with Crippen LogP contribution in [0.3, 0.4) is 0 Å². The van der Waals surface area contributed by atoms with Crippen LogP contribution in [0.4, 0.5) is 4.79 Å². The predicted octanol–water partition coefficient (Wildman–Crippen LogP) is 0.164. The lowest BCUT2D eigenvalue weighted by Gasteiger charge is -2.37. The van der Waals surface area contributed by atoms with Crippen molar-refractivity contribution in [3.05, 3.63) is 0 Å². The number of hydrogen-bond donors (Lipinski definition) is 1. The molecule has 2 saturated heterocycles. The molecule has 2 rings (SSSR count). The number of sulfone groups is 1. The van der Waals surface area contributed by atoms with E-state index in [9.17, 15) is 23.1 Å². The number of aliphatic carboxylic acids is 1. The zero-order chi connectivity index (χ0) is 14.9. The molecular formula is C12H20N2O5S. The Morgan fingerprint density at radius 2 is 1.95 bits per heavy atom. The maximum atomic E-state index is 12.4. The van der Waals surface area contributed by atoms with Gasteiger partial charge in [0.05, 0.1) is 11.5 Å². The fraction of sp³-hybridized carbons (Fsp3) is 0.833. The minimum absolute atomic E-state index is 0.0270. The van der Waals surface area contributed by atoms with Crippen LogP contribution < -0.4 is 0 Å². The number of carbonyl (C=O) groups is 2. The Morgan fingerprint density at radius 1 is 1.25 bits per heavy atom. The number of hydrogen-bond acceptors (Lipinski definition) is 4. The van der Waals surface area contributed by atoms with Crippen molar-refractivity contribution in [2.45, 2.75) is 37.8 Å². The second-order valence-electron chi connectivity index (χ2n) is 5.49. The zero-order valence-corrected chi connectivity index (χ0v) is 12.3. The van der Waals surface area contributed by atoms with Crippen molar-refractivity contribution in [2.75, 3.05) is 25.1 Å². The summed E-state index contributed by atoms with van der Waals surface area (Å²) in [6, 6.07) is -1.51. The van der Waals surface area contributed by atoms with Gasteiger partial charge in [-0.3, -0.25) is 0 Å². The molecule has 0 aliphatic carbocycles. The second-order valence-corrected chi connectivity index (χ2v) is 7.72. The molecule has 8 heteroatoms. The molecule has 0 aromatic heterocycles. The van der Waals surface area contributed by atoms with Gasteiger partial charge in [-0.1, -0.05) is 0 Å². The quantitative estimate of drug-likeness (QED) is 0.784. The van der Waals surface area contributed by atoms with Crippen LogP contribution in [0.1, 0.15) is 25.7 Å². The van der Waals surface area contributed by atoms with Gasteiger partial charge in [0.15, 0.2) is 9.84 Å². The van der Waals surface area contributed by atoms with Crippen molar-refractivity contribution in [3.63, 3.8) is 0 Å². The number of urea groups is 1. The third-order valence-corrected chi connectivity index (χ3v) is 5.84. The van der Waals surface area contributed by atoms with Gasteiger partial charge in [-0.05, 0) is 25.7 Å². The molecule has 2 aliphatic rings. The standard InChI is InChI=1S/C12H20N2O5S/c1-13(9-5-7-20(18,19)8-9)12(17)14-6-3-2-4-10(14)11(15)16/h9-10H,2-8H2,1H3,(H,15,16). The summed E-state index contributed by atoms with van der Waals surface area (Å²) in [5.41, 5.74) is 0. The largest absolute Gasteiger partial charge is 0.480 e. The maximum Gasteiger partial charge on any atom is 0.326 e. The molecule has 0 aromatic rings. The molecule has 7 nitrogen and oxygen atoms in total. The normalized spacial score (nSPS) is 29.1. The van der Waals surface area contributed by atoms with Gasteiger partial charge >= 0.3 is 12.0 Å². The minimum atomic E-state index is -3.06. The molecule has 2 heterocycles. The van der Waals surface area contributed by atoms with Gasteiger partial charge in [0, 0.05) is 19.6 Å². The number of rotatable bonds is 2. The summed E-state index contributed by atoms with van der Waals surface area (Å²) < 4.78 is 22.9. The van der Waals surface area contributed by atoms with Gasteiger partial charge in [0.25, 0.3) is 0 Å². The highest BCUT2D eigenvalue weighted by molar-refractivity contribution is 7.91. The summed E-state index contributed by atoms with van der Waals surface area (Å²) in [7, 11) is -1.51. The van der Waals surface area contributed by atoms with Crippen molar-refractivity contribution in [1.82, 2.24) is 9.80 Å². The first-order chi connectivity index (χ1) is 9.32. The molecule has 1 N–H and O–H groups in total. The smallest absolute Gasteiger partial charge is 0.326 e. The fourth-order valence-corrected chi connectivity index (χ4v) is 4.63. The molecule has 2 atom stereocenters. The Bertz CT molecular complexity index is 504.